The number of nitrogens with zero attached hydrogens (tertiary/aromatic N) is 2. The van der Waals surface area contributed by atoms with Crippen LogP contribution in [0.3, 0.4) is 0 Å². The summed E-state index contributed by atoms with van der Waals surface area (Å²) in [5, 5.41) is 2.92. The molecule has 1 aromatic carbocycles. The molecule has 6 heteroatoms. The van der Waals surface area contributed by atoms with Crippen LogP contribution in [0.25, 0.3) is 0 Å². The number of carbonyl (C=O) groups is 2. The summed E-state index contributed by atoms with van der Waals surface area (Å²) in [4.78, 5) is 29.5. The van der Waals surface area contributed by atoms with E-state index in [4.69, 9.17) is 4.74 Å². The third-order valence-electron chi connectivity index (χ3n) is 4.58. The number of anilines is 1. The van der Waals surface area contributed by atoms with Crippen LogP contribution in [0.4, 0.5) is 5.69 Å². The van der Waals surface area contributed by atoms with E-state index < -0.39 is 5.41 Å². The van der Waals surface area contributed by atoms with E-state index in [9.17, 15) is 9.59 Å². The summed E-state index contributed by atoms with van der Waals surface area (Å²) in [5.41, 5.74) is -0.413. The van der Waals surface area contributed by atoms with Crippen molar-refractivity contribution in [1.29, 1.82) is 0 Å². The Labute approximate surface area is 156 Å². The van der Waals surface area contributed by atoms with Crippen molar-refractivity contribution in [1.82, 2.24) is 10.2 Å². The lowest BCUT2D eigenvalue weighted by Crippen LogP contribution is -2.57. The van der Waals surface area contributed by atoms with Crippen molar-refractivity contribution in [3.63, 3.8) is 0 Å². The third kappa shape index (κ3) is 4.48. The molecule has 6 nitrogen and oxygen atoms in total. The molecular formula is C20H31N3O3. The summed E-state index contributed by atoms with van der Waals surface area (Å²) in [6.45, 7) is 11.7. The molecule has 1 aliphatic rings. The topological polar surface area (TPSA) is 61.9 Å². The lowest BCUT2D eigenvalue weighted by atomic mass is 9.88. The molecule has 1 fully saturated rings. The Hall–Kier alpha value is -2.24. The van der Waals surface area contributed by atoms with Gasteiger partial charge in [-0.25, -0.2) is 0 Å². The Morgan fingerprint density at radius 2 is 1.58 bits per heavy atom. The van der Waals surface area contributed by atoms with Gasteiger partial charge in [0.25, 0.3) is 0 Å². The Morgan fingerprint density at radius 3 is 2.12 bits per heavy atom. The zero-order valence-corrected chi connectivity index (χ0v) is 16.8. The Kier molecular flexibility index (Phi) is 5.84. The van der Waals surface area contributed by atoms with Gasteiger partial charge in [0.2, 0.25) is 11.8 Å². The van der Waals surface area contributed by atoms with Gasteiger partial charge in [-0.1, -0.05) is 12.1 Å². The minimum absolute atomic E-state index is 0.126. The van der Waals surface area contributed by atoms with Gasteiger partial charge in [-0.05, 0) is 46.8 Å². The third-order valence-corrected chi connectivity index (χ3v) is 4.58. The summed E-state index contributed by atoms with van der Waals surface area (Å²) in [5.74, 6) is 0.471. The average molecular weight is 361 g/mol. The lowest BCUT2D eigenvalue weighted by Gasteiger charge is -2.39. The van der Waals surface area contributed by atoms with E-state index in [0.29, 0.717) is 26.2 Å². The van der Waals surface area contributed by atoms with Crippen molar-refractivity contribution >= 4 is 17.5 Å². The number of carbonyl (C=O) groups excluding carboxylic acids is 2. The number of hydrogen-bond donors (Lipinski definition) is 1. The molecule has 0 radical (unpaired) electrons. The first-order chi connectivity index (χ1) is 12.1. The summed E-state index contributed by atoms with van der Waals surface area (Å²) < 4.78 is 5.43. The molecule has 1 aromatic rings. The maximum absolute atomic E-state index is 12.9. The van der Waals surface area contributed by atoms with Crippen LogP contribution in [0.15, 0.2) is 24.3 Å². The zero-order valence-electron chi connectivity index (χ0n) is 16.8. The van der Waals surface area contributed by atoms with E-state index in [1.165, 1.54) is 0 Å². The number of para-hydroxylation sites is 2. The molecule has 26 heavy (non-hydrogen) atoms. The van der Waals surface area contributed by atoms with Crippen molar-refractivity contribution in [2.24, 2.45) is 5.41 Å². The van der Waals surface area contributed by atoms with Crippen molar-refractivity contribution < 1.29 is 14.3 Å². The van der Waals surface area contributed by atoms with Crippen molar-refractivity contribution in [2.75, 3.05) is 38.2 Å². The van der Waals surface area contributed by atoms with Crippen LogP contribution in [0.2, 0.25) is 0 Å². The second kappa shape index (κ2) is 7.56. The highest BCUT2D eigenvalue weighted by Gasteiger charge is 2.41. The largest absolute Gasteiger partial charge is 0.495 e. The highest BCUT2D eigenvalue weighted by molar-refractivity contribution is 6.04. The summed E-state index contributed by atoms with van der Waals surface area (Å²) in [6, 6.07) is 7.89. The highest BCUT2D eigenvalue weighted by Crippen LogP contribution is 2.29. The number of ether oxygens (including phenoxy) is 1. The van der Waals surface area contributed by atoms with E-state index in [1.54, 1.807) is 25.9 Å². The van der Waals surface area contributed by atoms with E-state index in [0.717, 1.165) is 11.4 Å². The standard InChI is InChI=1S/C20H31N3O3/c1-19(2,3)21-17(24)20(4,5)18(25)23-13-11-22(12-14-23)15-9-7-8-10-16(15)26-6/h7-10H,11-14H2,1-6H3,(H,21,24). The molecule has 0 aromatic heterocycles. The van der Waals surface area contributed by atoms with Crippen molar-refractivity contribution in [3.8, 4) is 5.75 Å². The number of piperazine rings is 1. The SMILES string of the molecule is COc1ccccc1N1CCN(C(=O)C(C)(C)C(=O)NC(C)(C)C)CC1. The molecule has 0 spiro atoms. The zero-order chi connectivity index (χ0) is 19.5. The molecule has 0 atom stereocenters. The molecule has 0 unspecified atom stereocenters. The first-order valence-corrected chi connectivity index (χ1v) is 9.06. The minimum Gasteiger partial charge on any atom is -0.495 e. The summed E-state index contributed by atoms with van der Waals surface area (Å²) in [7, 11) is 1.66. The average Bonchev–Trinajstić information content (AvgIpc) is 2.59. The number of benzene rings is 1. The molecule has 1 saturated heterocycles. The van der Waals surface area contributed by atoms with Gasteiger partial charge < -0.3 is 19.9 Å². The fraction of sp³-hybridized carbons (Fsp3) is 0.600. The minimum atomic E-state index is -1.08. The van der Waals surface area contributed by atoms with Crippen molar-refractivity contribution in [3.05, 3.63) is 24.3 Å². The predicted molar refractivity (Wildman–Crippen MR) is 103 cm³/mol. The van der Waals surface area contributed by atoms with Gasteiger partial charge in [0.05, 0.1) is 12.8 Å². The smallest absolute Gasteiger partial charge is 0.237 e. The highest BCUT2D eigenvalue weighted by atomic mass is 16.5. The van der Waals surface area contributed by atoms with Gasteiger partial charge in [-0.3, -0.25) is 9.59 Å². The van der Waals surface area contributed by atoms with Gasteiger partial charge in [-0.2, -0.15) is 0 Å². The molecule has 1 heterocycles. The number of methoxy groups -OCH3 is 1. The maximum atomic E-state index is 12.9. The molecule has 0 aliphatic carbocycles. The van der Waals surface area contributed by atoms with Gasteiger partial charge in [0, 0.05) is 31.7 Å². The van der Waals surface area contributed by atoms with Crippen LogP contribution in [-0.2, 0) is 9.59 Å². The molecule has 0 saturated carbocycles. The maximum Gasteiger partial charge on any atom is 0.237 e. The molecule has 144 valence electrons. The normalized spacial score (nSPS) is 15.6. The van der Waals surface area contributed by atoms with Crippen LogP contribution in [0.1, 0.15) is 34.6 Å². The first-order valence-electron chi connectivity index (χ1n) is 9.06. The van der Waals surface area contributed by atoms with Crippen LogP contribution >= 0.6 is 0 Å². The van der Waals surface area contributed by atoms with Crippen LogP contribution in [0, 0.1) is 5.41 Å². The number of rotatable bonds is 4. The molecule has 1 aliphatic heterocycles. The summed E-state index contributed by atoms with van der Waals surface area (Å²) >= 11 is 0. The first kappa shape index (κ1) is 20.1. The molecule has 0 bridgehead atoms. The monoisotopic (exact) mass is 361 g/mol. The van der Waals surface area contributed by atoms with Crippen LogP contribution in [-0.4, -0.2) is 55.5 Å². The second-order valence-electron chi connectivity index (χ2n) is 8.28. The van der Waals surface area contributed by atoms with E-state index >= 15 is 0 Å². The van der Waals surface area contributed by atoms with Crippen molar-refractivity contribution in [2.45, 2.75) is 40.2 Å². The van der Waals surface area contributed by atoms with E-state index in [1.807, 2.05) is 45.0 Å². The molecule has 2 rings (SSSR count). The van der Waals surface area contributed by atoms with Gasteiger partial charge in [0.1, 0.15) is 11.2 Å². The Morgan fingerprint density at radius 1 is 1.00 bits per heavy atom. The number of hydrogen-bond acceptors (Lipinski definition) is 4. The lowest BCUT2D eigenvalue weighted by molar-refractivity contribution is -0.149. The molecular weight excluding hydrogens is 330 g/mol. The summed E-state index contributed by atoms with van der Waals surface area (Å²) in [6.07, 6.45) is 0. The van der Waals surface area contributed by atoms with Crippen LogP contribution in [0.5, 0.6) is 5.75 Å². The van der Waals surface area contributed by atoms with Crippen LogP contribution < -0.4 is 15.0 Å². The Bertz CT molecular complexity index is 657. The number of amides is 2. The molecule has 1 N–H and O–H groups in total. The fourth-order valence-corrected chi connectivity index (χ4v) is 3.03. The predicted octanol–water partition coefficient (Wildman–Crippen LogP) is 2.28. The van der Waals surface area contributed by atoms with E-state index in [2.05, 4.69) is 10.2 Å². The number of nitrogens with one attached hydrogen (secondary N) is 1. The van der Waals surface area contributed by atoms with Gasteiger partial charge in [0.15, 0.2) is 0 Å². The molecule has 2 amide bonds. The van der Waals surface area contributed by atoms with Gasteiger partial charge >= 0.3 is 0 Å². The van der Waals surface area contributed by atoms with Gasteiger partial charge in [-0.15, -0.1) is 0 Å². The quantitative estimate of drug-likeness (QED) is 0.836. The second-order valence-corrected chi connectivity index (χ2v) is 8.28. The fourth-order valence-electron chi connectivity index (χ4n) is 3.03. The Balaban J connectivity index is 2.02. The van der Waals surface area contributed by atoms with E-state index in [-0.39, 0.29) is 17.4 Å².